The van der Waals surface area contributed by atoms with Crippen molar-refractivity contribution in [2.24, 2.45) is 33.5 Å². The summed E-state index contributed by atoms with van der Waals surface area (Å²) in [6.45, 7) is 29.7. The third kappa shape index (κ3) is 11.8. The molecule has 0 amide bonds. The molecule has 2 aromatic carbocycles. The third-order valence-corrected chi connectivity index (χ3v) is 9.23. The van der Waals surface area contributed by atoms with Crippen LogP contribution >= 0.6 is 0 Å². The van der Waals surface area contributed by atoms with E-state index in [1.807, 2.05) is 0 Å². The van der Waals surface area contributed by atoms with E-state index >= 15 is 0 Å². The van der Waals surface area contributed by atoms with Crippen LogP contribution in [0.15, 0.2) is 60.7 Å². The van der Waals surface area contributed by atoms with Crippen molar-refractivity contribution < 1.29 is 0 Å². The van der Waals surface area contributed by atoms with Crippen molar-refractivity contribution >= 4 is 0 Å². The molecule has 0 fully saturated rings. The highest BCUT2D eigenvalue weighted by atomic mass is 14.4. The molecule has 39 heavy (non-hydrogen) atoms. The number of benzene rings is 2. The summed E-state index contributed by atoms with van der Waals surface area (Å²) in [7, 11) is 0. The first-order valence-electron chi connectivity index (χ1n) is 16.0. The van der Waals surface area contributed by atoms with Crippen molar-refractivity contribution in [2.45, 2.75) is 140 Å². The molecule has 2 unspecified atom stereocenters. The smallest absolute Gasteiger partial charge is 0.0134 e. The Morgan fingerprint density at radius 3 is 1.05 bits per heavy atom. The summed E-state index contributed by atoms with van der Waals surface area (Å²) in [4.78, 5) is 0. The van der Waals surface area contributed by atoms with Crippen LogP contribution in [-0.2, 0) is 0 Å². The van der Waals surface area contributed by atoms with Gasteiger partial charge in [0.05, 0.1) is 0 Å². The first-order valence-corrected chi connectivity index (χ1v) is 16.0. The van der Waals surface area contributed by atoms with Crippen LogP contribution in [0.25, 0.3) is 0 Å². The average Bonchev–Trinajstić information content (AvgIpc) is 2.80. The zero-order valence-corrected chi connectivity index (χ0v) is 28.0. The zero-order chi connectivity index (χ0) is 29.5. The van der Waals surface area contributed by atoms with Gasteiger partial charge in [-0.05, 0) is 95.0 Å². The quantitative estimate of drug-likeness (QED) is 0.202. The van der Waals surface area contributed by atoms with Crippen LogP contribution in [0.3, 0.4) is 0 Å². The largest absolute Gasteiger partial charge is 0.0622 e. The Morgan fingerprint density at radius 2 is 0.769 bits per heavy atom. The molecule has 0 aliphatic rings. The van der Waals surface area contributed by atoms with Crippen LogP contribution in [0.2, 0.25) is 0 Å². The highest BCUT2D eigenvalue weighted by Crippen LogP contribution is 2.47. The van der Waals surface area contributed by atoms with E-state index in [1.54, 1.807) is 0 Å². The predicted molar refractivity (Wildman–Crippen MR) is 175 cm³/mol. The Kier molecular flexibility index (Phi) is 12.0. The molecule has 0 N–H and O–H groups in total. The van der Waals surface area contributed by atoms with Crippen molar-refractivity contribution in [2.75, 3.05) is 0 Å². The second-order valence-corrected chi connectivity index (χ2v) is 16.8. The van der Waals surface area contributed by atoms with Gasteiger partial charge in [0, 0.05) is 0 Å². The minimum absolute atomic E-state index is 0.328. The van der Waals surface area contributed by atoms with E-state index in [4.69, 9.17) is 0 Å². The zero-order valence-electron chi connectivity index (χ0n) is 28.0. The Balaban J connectivity index is 1.94. The molecule has 2 rings (SSSR count). The SMILES string of the molecule is CC(C)C(CC(C)(C)CC(C)(C)CCCC(C)(C)CC(C)(C)CC(c1ccccc1)C(C)C)c1ccccc1. The lowest BCUT2D eigenvalue weighted by Gasteiger charge is -2.40. The Bertz CT molecular complexity index is 863. The minimum Gasteiger partial charge on any atom is -0.0622 e. The topological polar surface area (TPSA) is 0 Å². The molecule has 0 heterocycles. The maximum Gasteiger partial charge on any atom is -0.0134 e. The van der Waals surface area contributed by atoms with Crippen LogP contribution in [0, 0.1) is 33.5 Å². The average molecular weight is 533 g/mol. The molecule has 2 aromatic rings. The fraction of sp³-hybridized carbons (Fsp3) is 0.692. The summed E-state index contributed by atoms with van der Waals surface area (Å²) in [5.74, 6) is 2.58. The molecule has 220 valence electrons. The van der Waals surface area contributed by atoms with Gasteiger partial charge < -0.3 is 0 Å². The van der Waals surface area contributed by atoms with Gasteiger partial charge in [0.25, 0.3) is 0 Å². The van der Waals surface area contributed by atoms with Crippen LogP contribution in [0.1, 0.15) is 151 Å². The Labute approximate surface area is 244 Å². The Morgan fingerprint density at radius 1 is 0.462 bits per heavy atom. The van der Waals surface area contributed by atoms with Gasteiger partial charge in [0.2, 0.25) is 0 Å². The molecule has 0 aromatic heterocycles. The molecule has 0 aliphatic carbocycles. The van der Waals surface area contributed by atoms with E-state index in [0.717, 1.165) is 0 Å². The standard InChI is InChI=1S/C39H64/c1-30(2)34(32-20-15-13-16-21-32)26-38(9,10)28-36(5,6)24-19-25-37(7,8)29-39(11,12)27-35(31(3)4)33-22-17-14-18-23-33/h13-18,20-23,30-31,34-35H,19,24-29H2,1-12H3. The second kappa shape index (κ2) is 13.9. The summed E-state index contributed by atoms with van der Waals surface area (Å²) in [5.41, 5.74) is 4.40. The first kappa shape index (κ1) is 33.6. The van der Waals surface area contributed by atoms with Gasteiger partial charge in [-0.1, -0.05) is 150 Å². The fourth-order valence-electron chi connectivity index (χ4n) is 8.03. The summed E-state index contributed by atoms with van der Waals surface area (Å²) >= 11 is 0. The van der Waals surface area contributed by atoms with Gasteiger partial charge >= 0.3 is 0 Å². The summed E-state index contributed by atoms with van der Waals surface area (Å²) in [6.07, 6.45) is 9.05. The number of hydrogen-bond acceptors (Lipinski definition) is 0. The Hall–Kier alpha value is -1.56. The van der Waals surface area contributed by atoms with Gasteiger partial charge in [0.15, 0.2) is 0 Å². The van der Waals surface area contributed by atoms with Crippen molar-refractivity contribution in [1.29, 1.82) is 0 Å². The highest BCUT2D eigenvalue weighted by molar-refractivity contribution is 5.21. The van der Waals surface area contributed by atoms with Crippen LogP contribution in [-0.4, -0.2) is 0 Å². The summed E-state index contributed by atoms with van der Waals surface area (Å²) in [6, 6.07) is 22.4. The molecule has 0 heteroatoms. The summed E-state index contributed by atoms with van der Waals surface area (Å²) < 4.78 is 0. The molecule has 0 spiro atoms. The molecular weight excluding hydrogens is 468 g/mol. The van der Waals surface area contributed by atoms with E-state index in [2.05, 4.69) is 144 Å². The normalized spacial score (nSPS) is 15.1. The number of rotatable bonds is 16. The van der Waals surface area contributed by atoms with Crippen molar-refractivity contribution in [3.8, 4) is 0 Å². The van der Waals surface area contributed by atoms with E-state index in [0.29, 0.717) is 45.3 Å². The van der Waals surface area contributed by atoms with Crippen molar-refractivity contribution in [3.63, 3.8) is 0 Å². The van der Waals surface area contributed by atoms with E-state index in [9.17, 15) is 0 Å². The lowest BCUT2D eigenvalue weighted by Crippen LogP contribution is -2.28. The van der Waals surface area contributed by atoms with Gasteiger partial charge in [-0.25, -0.2) is 0 Å². The molecular formula is C39H64. The second-order valence-electron chi connectivity index (χ2n) is 16.8. The van der Waals surface area contributed by atoms with Crippen molar-refractivity contribution in [3.05, 3.63) is 71.8 Å². The van der Waals surface area contributed by atoms with E-state index in [-0.39, 0.29) is 0 Å². The van der Waals surface area contributed by atoms with Crippen LogP contribution in [0.5, 0.6) is 0 Å². The lowest BCUT2D eigenvalue weighted by atomic mass is 9.65. The minimum atomic E-state index is 0.328. The maximum atomic E-state index is 2.52. The molecule has 0 saturated heterocycles. The van der Waals surface area contributed by atoms with E-state index < -0.39 is 0 Å². The monoisotopic (exact) mass is 533 g/mol. The number of hydrogen-bond donors (Lipinski definition) is 0. The summed E-state index contributed by atoms with van der Waals surface area (Å²) in [5, 5.41) is 0. The van der Waals surface area contributed by atoms with Gasteiger partial charge in [-0.3, -0.25) is 0 Å². The molecule has 0 nitrogen and oxygen atoms in total. The predicted octanol–water partition coefficient (Wildman–Crippen LogP) is 12.7. The van der Waals surface area contributed by atoms with Crippen molar-refractivity contribution in [1.82, 2.24) is 0 Å². The molecule has 0 radical (unpaired) electrons. The van der Waals surface area contributed by atoms with Gasteiger partial charge in [-0.15, -0.1) is 0 Å². The maximum absolute atomic E-state index is 2.52. The molecule has 2 atom stereocenters. The molecule has 0 saturated carbocycles. The van der Waals surface area contributed by atoms with Gasteiger partial charge in [0.1, 0.15) is 0 Å². The third-order valence-electron chi connectivity index (χ3n) is 9.23. The highest BCUT2D eigenvalue weighted by Gasteiger charge is 2.35. The fourth-order valence-corrected chi connectivity index (χ4v) is 8.03. The van der Waals surface area contributed by atoms with Crippen LogP contribution < -0.4 is 0 Å². The van der Waals surface area contributed by atoms with E-state index in [1.165, 1.54) is 56.1 Å². The lowest BCUT2D eigenvalue weighted by molar-refractivity contribution is 0.128. The molecule has 0 bridgehead atoms. The van der Waals surface area contributed by atoms with Gasteiger partial charge in [-0.2, -0.15) is 0 Å². The first-order chi connectivity index (χ1) is 17.9. The molecule has 0 aliphatic heterocycles. The van der Waals surface area contributed by atoms with Crippen LogP contribution in [0.4, 0.5) is 0 Å².